The highest BCUT2D eigenvalue weighted by Crippen LogP contribution is 2.49. The summed E-state index contributed by atoms with van der Waals surface area (Å²) in [5, 5.41) is 0.924. The highest BCUT2D eigenvalue weighted by Gasteiger charge is 2.61. The van der Waals surface area contributed by atoms with Crippen LogP contribution >= 0.6 is 0 Å². The predicted molar refractivity (Wildman–Crippen MR) is 165 cm³/mol. The summed E-state index contributed by atoms with van der Waals surface area (Å²) in [5.41, 5.74) is 2.68. The molecule has 224 valence electrons. The van der Waals surface area contributed by atoms with Crippen molar-refractivity contribution in [1.82, 2.24) is 14.8 Å². The largest absolute Gasteiger partial charge is 0.496 e. The number of H-pyrrole nitrogens is 1. The standard InChI is InChI=1S/C34H37FN4O4/c1-6-43-25-14-15-29-27(17-25)22(4)31(36-29)32(40)37-18-28(26-12-7-8-13-30(26)42-5)34(19-37)20-38(21(2)3)33(41)39(34)24-11-9-10-23(35)16-24/h7-17,21,28,36H,6,18-20H2,1-5H3/t28-,34-/m1/s1. The van der Waals surface area contributed by atoms with Gasteiger partial charge in [0, 0.05) is 53.7 Å². The lowest BCUT2D eigenvalue weighted by Gasteiger charge is -2.38. The number of aryl methyl sites for hydroxylation is 1. The van der Waals surface area contributed by atoms with Crippen LogP contribution < -0.4 is 14.4 Å². The molecule has 8 nitrogen and oxygen atoms in total. The highest BCUT2D eigenvalue weighted by atomic mass is 19.1. The number of likely N-dealkylation sites (tertiary alicyclic amines) is 1. The Kier molecular flexibility index (Phi) is 7.28. The summed E-state index contributed by atoms with van der Waals surface area (Å²) >= 11 is 0. The monoisotopic (exact) mass is 584 g/mol. The topological polar surface area (TPSA) is 78.1 Å². The third-order valence-electron chi connectivity index (χ3n) is 8.89. The fourth-order valence-electron chi connectivity index (χ4n) is 6.85. The summed E-state index contributed by atoms with van der Waals surface area (Å²) in [4.78, 5) is 37.2. The number of para-hydroxylation sites is 1. The lowest BCUT2D eigenvalue weighted by molar-refractivity contribution is 0.0777. The zero-order valence-electron chi connectivity index (χ0n) is 25.2. The van der Waals surface area contributed by atoms with Gasteiger partial charge in [0.05, 0.1) is 19.3 Å². The first-order valence-electron chi connectivity index (χ1n) is 14.7. The van der Waals surface area contributed by atoms with Gasteiger partial charge >= 0.3 is 6.03 Å². The van der Waals surface area contributed by atoms with Crippen molar-refractivity contribution in [3.63, 3.8) is 0 Å². The van der Waals surface area contributed by atoms with Crippen molar-refractivity contribution in [2.45, 2.75) is 45.2 Å². The summed E-state index contributed by atoms with van der Waals surface area (Å²) in [6, 6.07) is 19.3. The zero-order valence-corrected chi connectivity index (χ0v) is 25.2. The van der Waals surface area contributed by atoms with Crippen LogP contribution in [-0.4, -0.2) is 71.7 Å². The van der Waals surface area contributed by atoms with Gasteiger partial charge < -0.3 is 24.3 Å². The van der Waals surface area contributed by atoms with Gasteiger partial charge in [-0.2, -0.15) is 0 Å². The van der Waals surface area contributed by atoms with Crippen LogP contribution in [-0.2, 0) is 0 Å². The molecule has 0 bridgehead atoms. The minimum atomic E-state index is -0.874. The maximum absolute atomic E-state index is 14.6. The Morgan fingerprint density at radius 3 is 2.60 bits per heavy atom. The molecule has 0 aliphatic carbocycles. The number of nitrogens with one attached hydrogen (secondary N) is 1. The molecule has 9 heteroatoms. The van der Waals surface area contributed by atoms with Crippen LogP contribution in [0.1, 0.15) is 48.3 Å². The number of fused-ring (bicyclic) bond motifs is 1. The van der Waals surface area contributed by atoms with Crippen LogP contribution in [0.25, 0.3) is 10.9 Å². The summed E-state index contributed by atoms with van der Waals surface area (Å²) in [7, 11) is 1.62. The second kappa shape index (κ2) is 10.9. The molecule has 2 saturated heterocycles. The van der Waals surface area contributed by atoms with Gasteiger partial charge in [-0.05, 0) is 75.7 Å². The second-order valence-electron chi connectivity index (χ2n) is 11.7. The van der Waals surface area contributed by atoms with Crippen molar-refractivity contribution in [3.05, 3.63) is 89.4 Å². The molecule has 2 aliphatic rings. The molecule has 1 aromatic heterocycles. The van der Waals surface area contributed by atoms with E-state index in [0.717, 1.165) is 27.8 Å². The van der Waals surface area contributed by atoms with Crippen LogP contribution in [0.2, 0.25) is 0 Å². The number of benzene rings is 3. The van der Waals surface area contributed by atoms with Gasteiger partial charge in [0.25, 0.3) is 5.91 Å². The van der Waals surface area contributed by atoms with Gasteiger partial charge in [-0.1, -0.05) is 24.3 Å². The minimum Gasteiger partial charge on any atom is -0.496 e. The van der Waals surface area contributed by atoms with Gasteiger partial charge in [0.1, 0.15) is 23.0 Å². The summed E-state index contributed by atoms with van der Waals surface area (Å²) in [6.45, 7) is 9.35. The third-order valence-corrected chi connectivity index (χ3v) is 8.89. The lowest BCUT2D eigenvalue weighted by atomic mass is 9.80. The number of hydrogen-bond donors (Lipinski definition) is 1. The first kappa shape index (κ1) is 28.6. The number of nitrogens with zero attached hydrogens (tertiary/aromatic N) is 3. The Morgan fingerprint density at radius 2 is 1.88 bits per heavy atom. The van der Waals surface area contributed by atoms with Crippen molar-refractivity contribution in [1.29, 1.82) is 0 Å². The predicted octanol–water partition coefficient (Wildman–Crippen LogP) is 6.35. The minimum absolute atomic E-state index is 0.0958. The van der Waals surface area contributed by atoms with E-state index in [1.54, 1.807) is 24.1 Å². The molecular formula is C34H37FN4O4. The molecule has 3 heterocycles. The Bertz CT molecular complexity index is 1700. The van der Waals surface area contributed by atoms with E-state index >= 15 is 0 Å². The molecule has 1 N–H and O–H groups in total. The lowest BCUT2D eigenvalue weighted by Crippen LogP contribution is -2.53. The first-order valence-corrected chi connectivity index (χ1v) is 14.7. The van der Waals surface area contributed by atoms with E-state index in [4.69, 9.17) is 9.47 Å². The van der Waals surface area contributed by atoms with Gasteiger partial charge in [-0.25, -0.2) is 9.18 Å². The molecular weight excluding hydrogens is 547 g/mol. The van der Waals surface area contributed by atoms with Gasteiger partial charge in [-0.15, -0.1) is 0 Å². The van der Waals surface area contributed by atoms with Crippen molar-refractivity contribution >= 4 is 28.5 Å². The maximum Gasteiger partial charge on any atom is 0.325 e. The number of anilines is 1. The Labute approximate surface area is 251 Å². The number of rotatable bonds is 7. The van der Waals surface area contributed by atoms with Crippen LogP contribution in [0.4, 0.5) is 14.9 Å². The van der Waals surface area contributed by atoms with E-state index in [1.807, 2.05) is 80.0 Å². The first-order chi connectivity index (χ1) is 20.7. The number of methoxy groups -OCH3 is 1. The molecule has 2 atom stereocenters. The number of urea groups is 1. The van der Waals surface area contributed by atoms with Crippen molar-refractivity contribution in [2.24, 2.45) is 0 Å². The fraction of sp³-hybridized carbons (Fsp3) is 0.353. The van der Waals surface area contributed by atoms with Crippen LogP contribution in [0.5, 0.6) is 11.5 Å². The Balaban J connectivity index is 1.49. The van der Waals surface area contributed by atoms with Crippen LogP contribution in [0.15, 0.2) is 66.7 Å². The maximum atomic E-state index is 14.6. The van der Waals surface area contributed by atoms with Crippen molar-refractivity contribution in [2.75, 3.05) is 38.3 Å². The van der Waals surface area contributed by atoms with E-state index in [9.17, 15) is 14.0 Å². The molecule has 4 aromatic rings. The van der Waals surface area contributed by atoms with Crippen molar-refractivity contribution < 1.29 is 23.5 Å². The quantitative estimate of drug-likeness (QED) is 0.275. The number of carbonyl (C=O) groups excluding carboxylic acids is 2. The smallest absolute Gasteiger partial charge is 0.325 e. The molecule has 43 heavy (non-hydrogen) atoms. The second-order valence-corrected chi connectivity index (χ2v) is 11.7. The number of halogens is 1. The van der Waals surface area contributed by atoms with E-state index in [-0.39, 0.29) is 30.4 Å². The van der Waals surface area contributed by atoms with E-state index in [1.165, 1.54) is 12.1 Å². The summed E-state index contributed by atoms with van der Waals surface area (Å²) in [6.07, 6.45) is 0. The zero-order chi connectivity index (χ0) is 30.5. The van der Waals surface area contributed by atoms with Crippen LogP contribution in [0.3, 0.4) is 0 Å². The van der Waals surface area contributed by atoms with Gasteiger partial charge in [0.2, 0.25) is 0 Å². The molecule has 0 unspecified atom stereocenters. The number of carbonyl (C=O) groups is 2. The normalized spacial score (nSPS) is 20.2. The summed E-state index contributed by atoms with van der Waals surface area (Å²) < 4.78 is 26.1. The van der Waals surface area contributed by atoms with E-state index in [0.29, 0.717) is 36.8 Å². The average molecular weight is 585 g/mol. The number of hydrogen-bond acceptors (Lipinski definition) is 4. The number of ether oxygens (including phenoxy) is 2. The molecule has 6 rings (SSSR count). The molecule has 1 spiro atoms. The average Bonchev–Trinajstić information content (AvgIpc) is 3.63. The van der Waals surface area contributed by atoms with Gasteiger partial charge in [-0.3, -0.25) is 9.69 Å². The molecule has 0 saturated carbocycles. The third kappa shape index (κ3) is 4.67. The molecule has 2 fully saturated rings. The van der Waals surface area contributed by atoms with E-state index in [2.05, 4.69) is 4.98 Å². The molecule has 3 aromatic carbocycles. The van der Waals surface area contributed by atoms with Crippen LogP contribution in [0, 0.1) is 12.7 Å². The molecule has 0 radical (unpaired) electrons. The SMILES string of the molecule is CCOc1ccc2[nH]c(C(=O)N3C[C@H](c4ccccc4OC)[C@@]4(C3)CN(C(C)C)C(=O)N4c3cccc(F)c3)c(C)c2c1. The van der Waals surface area contributed by atoms with E-state index < -0.39 is 11.4 Å². The summed E-state index contributed by atoms with van der Waals surface area (Å²) in [5.74, 6) is 0.539. The number of amides is 3. The van der Waals surface area contributed by atoms with Crippen molar-refractivity contribution in [3.8, 4) is 11.5 Å². The van der Waals surface area contributed by atoms with Gasteiger partial charge in [0.15, 0.2) is 0 Å². The Morgan fingerprint density at radius 1 is 1.09 bits per heavy atom. The Hall–Kier alpha value is -4.53. The molecule has 3 amide bonds. The number of aromatic amines is 1. The highest BCUT2D eigenvalue weighted by molar-refractivity contribution is 6.02. The molecule has 2 aliphatic heterocycles. The number of aromatic nitrogens is 1. The fourth-order valence-corrected chi connectivity index (χ4v) is 6.85.